The Balaban J connectivity index is 1.60. The molecule has 1 aromatic carbocycles. The molecule has 2 aromatic rings. The van der Waals surface area contributed by atoms with Crippen molar-refractivity contribution in [3.05, 3.63) is 46.8 Å². The monoisotopic (exact) mass is 396 g/mol. The lowest BCUT2D eigenvalue weighted by molar-refractivity contribution is -0.129. The van der Waals surface area contributed by atoms with Gasteiger partial charge in [-0.2, -0.15) is 5.10 Å². The number of carbonyl (C=O) groups excluding carboxylic acids is 1. The first-order valence-corrected chi connectivity index (χ1v) is 11.0. The highest BCUT2D eigenvalue weighted by molar-refractivity contribution is 5.79. The van der Waals surface area contributed by atoms with E-state index in [9.17, 15) is 4.79 Å². The number of carbonyl (C=O) groups is 1. The maximum Gasteiger partial charge on any atom is 0.227 e. The number of likely N-dealkylation sites (N-methyl/N-ethyl adjacent to an activating group) is 1. The number of hydrogen-bond donors (Lipinski definition) is 0. The van der Waals surface area contributed by atoms with Crippen LogP contribution in [0.4, 0.5) is 5.69 Å². The highest BCUT2D eigenvalue weighted by atomic mass is 16.2. The third-order valence-corrected chi connectivity index (χ3v) is 5.90. The lowest BCUT2D eigenvalue weighted by atomic mass is 10.1. The standard InChI is InChI=1S/C24H36N4O/c1-18(2)16-28-20(4)23(19(3)25-28)15-24(29)26(5)17-21-9-11-22(12-10-21)27-13-7-6-8-14-27/h9-12,18H,6-8,13-17H2,1-5H3. The number of anilines is 1. The summed E-state index contributed by atoms with van der Waals surface area (Å²) in [5.74, 6) is 0.674. The van der Waals surface area contributed by atoms with Gasteiger partial charge in [-0.1, -0.05) is 26.0 Å². The van der Waals surface area contributed by atoms with Gasteiger partial charge in [0.1, 0.15) is 0 Å². The van der Waals surface area contributed by atoms with Crippen molar-refractivity contribution in [2.75, 3.05) is 25.0 Å². The van der Waals surface area contributed by atoms with Gasteiger partial charge in [-0.25, -0.2) is 0 Å². The molecule has 0 atom stereocenters. The second kappa shape index (κ2) is 9.47. The maximum absolute atomic E-state index is 12.8. The number of amides is 1. The predicted molar refractivity (Wildman–Crippen MR) is 119 cm³/mol. The normalized spacial score (nSPS) is 14.5. The van der Waals surface area contributed by atoms with E-state index in [0.717, 1.165) is 36.6 Å². The van der Waals surface area contributed by atoms with Crippen LogP contribution in [-0.4, -0.2) is 40.7 Å². The smallest absolute Gasteiger partial charge is 0.227 e. The molecular formula is C24H36N4O. The summed E-state index contributed by atoms with van der Waals surface area (Å²) < 4.78 is 2.04. The van der Waals surface area contributed by atoms with Gasteiger partial charge >= 0.3 is 0 Å². The Morgan fingerprint density at radius 2 is 1.76 bits per heavy atom. The fourth-order valence-corrected chi connectivity index (χ4v) is 4.13. The van der Waals surface area contributed by atoms with Crippen molar-refractivity contribution in [3.63, 3.8) is 0 Å². The van der Waals surface area contributed by atoms with Crippen molar-refractivity contribution in [3.8, 4) is 0 Å². The van der Waals surface area contributed by atoms with Crippen LogP contribution >= 0.6 is 0 Å². The third-order valence-electron chi connectivity index (χ3n) is 5.90. The summed E-state index contributed by atoms with van der Waals surface area (Å²) in [5.41, 5.74) is 5.62. The average Bonchev–Trinajstić information content (AvgIpc) is 2.96. The highest BCUT2D eigenvalue weighted by Gasteiger charge is 2.18. The Morgan fingerprint density at radius 3 is 2.38 bits per heavy atom. The number of aromatic nitrogens is 2. The minimum Gasteiger partial charge on any atom is -0.372 e. The van der Waals surface area contributed by atoms with Gasteiger partial charge in [-0.15, -0.1) is 0 Å². The molecule has 0 unspecified atom stereocenters. The summed E-state index contributed by atoms with van der Waals surface area (Å²) in [5, 5.41) is 4.64. The van der Waals surface area contributed by atoms with E-state index in [2.05, 4.69) is 55.0 Å². The van der Waals surface area contributed by atoms with E-state index in [1.165, 1.54) is 30.5 Å². The Labute approximate surface area is 175 Å². The van der Waals surface area contributed by atoms with Gasteiger partial charge in [0.15, 0.2) is 0 Å². The number of rotatable bonds is 7. The Morgan fingerprint density at radius 1 is 1.10 bits per heavy atom. The van der Waals surface area contributed by atoms with Crippen LogP contribution in [0.3, 0.4) is 0 Å². The molecule has 1 saturated heterocycles. The van der Waals surface area contributed by atoms with E-state index in [-0.39, 0.29) is 5.91 Å². The molecule has 0 spiro atoms. The van der Waals surface area contributed by atoms with Gasteiger partial charge in [0.25, 0.3) is 0 Å². The SMILES string of the molecule is Cc1nn(CC(C)C)c(C)c1CC(=O)N(C)Cc1ccc(N2CCCCC2)cc1. The lowest BCUT2D eigenvalue weighted by Crippen LogP contribution is -2.29. The summed E-state index contributed by atoms with van der Waals surface area (Å²) in [6.45, 7) is 12.3. The molecule has 0 N–H and O–H groups in total. The summed E-state index contributed by atoms with van der Waals surface area (Å²) in [4.78, 5) is 17.1. The highest BCUT2D eigenvalue weighted by Crippen LogP contribution is 2.21. The van der Waals surface area contributed by atoms with Gasteiger partial charge in [0.05, 0.1) is 12.1 Å². The largest absolute Gasteiger partial charge is 0.372 e. The van der Waals surface area contributed by atoms with E-state index < -0.39 is 0 Å². The minimum atomic E-state index is 0.139. The van der Waals surface area contributed by atoms with Crippen molar-refractivity contribution in [2.45, 2.75) is 66.5 Å². The second-order valence-electron chi connectivity index (χ2n) is 8.87. The summed E-state index contributed by atoms with van der Waals surface area (Å²) in [7, 11) is 1.89. The van der Waals surface area contributed by atoms with E-state index in [1.54, 1.807) is 0 Å². The number of benzene rings is 1. The van der Waals surface area contributed by atoms with Crippen molar-refractivity contribution in [1.82, 2.24) is 14.7 Å². The molecule has 0 saturated carbocycles. The van der Waals surface area contributed by atoms with Crippen LogP contribution < -0.4 is 4.90 Å². The molecular weight excluding hydrogens is 360 g/mol. The first-order chi connectivity index (χ1) is 13.8. The first-order valence-electron chi connectivity index (χ1n) is 11.0. The van der Waals surface area contributed by atoms with E-state index in [1.807, 2.05) is 23.6 Å². The zero-order chi connectivity index (χ0) is 21.0. The molecule has 1 aliphatic rings. The van der Waals surface area contributed by atoms with Crippen molar-refractivity contribution < 1.29 is 4.79 Å². The van der Waals surface area contributed by atoms with Crippen LogP contribution in [0, 0.1) is 19.8 Å². The molecule has 5 nitrogen and oxygen atoms in total. The zero-order valence-corrected chi connectivity index (χ0v) is 18.7. The lowest BCUT2D eigenvalue weighted by Gasteiger charge is -2.29. The number of piperidine rings is 1. The number of nitrogens with zero attached hydrogens (tertiary/aromatic N) is 4. The molecule has 3 rings (SSSR count). The van der Waals surface area contributed by atoms with Gasteiger partial charge < -0.3 is 9.80 Å². The van der Waals surface area contributed by atoms with Crippen LogP contribution in [0.15, 0.2) is 24.3 Å². The van der Waals surface area contributed by atoms with Gasteiger partial charge in [0.2, 0.25) is 5.91 Å². The molecule has 1 aliphatic heterocycles. The summed E-state index contributed by atoms with van der Waals surface area (Å²) in [6.07, 6.45) is 4.33. The molecule has 2 heterocycles. The Bertz CT molecular complexity index is 816. The molecule has 0 aliphatic carbocycles. The van der Waals surface area contributed by atoms with E-state index >= 15 is 0 Å². The summed E-state index contributed by atoms with van der Waals surface area (Å²) in [6, 6.07) is 8.71. The first kappa shape index (κ1) is 21.4. The van der Waals surface area contributed by atoms with Crippen LogP contribution in [0.25, 0.3) is 0 Å². The molecule has 1 fully saturated rings. The molecule has 158 valence electrons. The van der Waals surface area contributed by atoms with Crippen LogP contribution in [0.2, 0.25) is 0 Å². The fraction of sp³-hybridized carbons (Fsp3) is 0.583. The van der Waals surface area contributed by atoms with Crippen LogP contribution in [0.5, 0.6) is 0 Å². The quantitative estimate of drug-likeness (QED) is 0.699. The maximum atomic E-state index is 12.8. The topological polar surface area (TPSA) is 41.4 Å². The molecule has 1 aromatic heterocycles. The molecule has 29 heavy (non-hydrogen) atoms. The minimum absolute atomic E-state index is 0.139. The molecule has 1 amide bonds. The Hall–Kier alpha value is -2.30. The van der Waals surface area contributed by atoms with Crippen molar-refractivity contribution >= 4 is 11.6 Å². The van der Waals surface area contributed by atoms with Gasteiger partial charge in [0, 0.05) is 50.2 Å². The van der Waals surface area contributed by atoms with Crippen molar-refractivity contribution in [2.24, 2.45) is 5.92 Å². The second-order valence-corrected chi connectivity index (χ2v) is 8.87. The number of aryl methyl sites for hydroxylation is 1. The zero-order valence-electron chi connectivity index (χ0n) is 18.7. The molecule has 5 heteroatoms. The van der Waals surface area contributed by atoms with Crippen molar-refractivity contribution in [1.29, 1.82) is 0 Å². The Kier molecular flexibility index (Phi) is 6.99. The van der Waals surface area contributed by atoms with Crippen LogP contribution in [0.1, 0.15) is 55.6 Å². The average molecular weight is 397 g/mol. The number of hydrogen-bond acceptors (Lipinski definition) is 3. The van der Waals surface area contributed by atoms with Crippen LogP contribution in [-0.2, 0) is 24.3 Å². The fourth-order valence-electron chi connectivity index (χ4n) is 4.13. The van der Waals surface area contributed by atoms with Gasteiger partial charge in [-0.05, 0) is 56.7 Å². The molecule has 0 radical (unpaired) electrons. The predicted octanol–water partition coefficient (Wildman–Crippen LogP) is 4.35. The van der Waals surface area contributed by atoms with E-state index in [4.69, 9.17) is 0 Å². The molecule has 0 bridgehead atoms. The summed E-state index contributed by atoms with van der Waals surface area (Å²) >= 11 is 0. The van der Waals surface area contributed by atoms with Gasteiger partial charge in [-0.3, -0.25) is 9.48 Å². The van der Waals surface area contributed by atoms with E-state index in [0.29, 0.717) is 18.9 Å². The third kappa shape index (κ3) is 5.40.